The van der Waals surface area contributed by atoms with Crippen molar-refractivity contribution in [2.75, 3.05) is 5.73 Å². The Hall–Kier alpha value is -3.08. The van der Waals surface area contributed by atoms with Gasteiger partial charge in [-0.25, -0.2) is 0 Å². The molecule has 3 N–H and O–H groups in total. The van der Waals surface area contributed by atoms with Gasteiger partial charge in [0.25, 0.3) is 23.1 Å². The van der Waals surface area contributed by atoms with Crippen LogP contribution in [-0.2, 0) is 6.54 Å². The van der Waals surface area contributed by atoms with Crippen LogP contribution in [0.3, 0.4) is 0 Å². The number of hydrogen-bond acceptors (Lipinski definition) is 6. The lowest BCUT2D eigenvalue weighted by atomic mass is 10.2. The van der Waals surface area contributed by atoms with Gasteiger partial charge in [0.05, 0.1) is 11.5 Å². The van der Waals surface area contributed by atoms with Crippen LogP contribution in [-0.4, -0.2) is 25.4 Å². The minimum atomic E-state index is -0.490. The summed E-state index contributed by atoms with van der Waals surface area (Å²) < 4.78 is 2.77. The Labute approximate surface area is 150 Å². The number of carbonyl (C=O) groups excluding carboxylic acids is 1. The van der Waals surface area contributed by atoms with E-state index in [0.29, 0.717) is 0 Å². The number of fused-ring (bicyclic) bond motifs is 1. The van der Waals surface area contributed by atoms with Gasteiger partial charge in [0.2, 0.25) is 5.52 Å². The maximum atomic E-state index is 12.2. The summed E-state index contributed by atoms with van der Waals surface area (Å²) in [5, 5.41) is 10.7. The van der Waals surface area contributed by atoms with Crippen LogP contribution < -0.4 is 32.8 Å². The summed E-state index contributed by atoms with van der Waals surface area (Å²) >= 11 is 0. The molecule has 10 nitrogen and oxygen atoms in total. The van der Waals surface area contributed by atoms with E-state index >= 15 is 0 Å². The van der Waals surface area contributed by atoms with Gasteiger partial charge in [-0.2, -0.15) is 4.57 Å². The molecular weight excluding hydrogens is 396 g/mol. The highest BCUT2D eigenvalue weighted by atomic mass is 79.9. The number of aromatic amines is 1. The summed E-state index contributed by atoms with van der Waals surface area (Å²) in [6.45, 7) is 1.58. The van der Waals surface area contributed by atoms with E-state index in [9.17, 15) is 19.7 Å². The third-order valence-electron chi connectivity index (χ3n) is 3.50. The van der Waals surface area contributed by atoms with Crippen molar-refractivity contribution in [3.63, 3.8) is 0 Å². The Bertz CT molecular complexity index is 1020. The standard InChI is InChI=1S/C14H12N6O4.BrH/c1-8(21)19-7-18(11-12(19)16-14(15)17-13(11)22)6-9-2-4-10(5-3-9)20(23)24;/h2-5,7H,6H2,1H3,(H2-,15,16,17,22);1H. The van der Waals surface area contributed by atoms with E-state index in [1.165, 1.54) is 30.0 Å². The lowest BCUT2D eigenvalue weighted by Gasteiger charge is -1.99. The van der Waals surface area contributed by atoms with Gasteiger partial charge in [0, 0.05) is 19.1 Å². The van der Waals surface area contributed by atoms with Crippen molar-refractivity contribution in [3.05, 3.63) is 56.6 Å². The molecule has 2 heterocycles. The molecule has 0 aliphatic rings. The number of nitrogens with one attached hydrogen (secondary N) is 1. The number of imidazole rings is 1. The number of anilines is 1. The van der Waals surface area contributed by atoms with Crippen molar-refractivity contribution in [2.45, 2.75) is 13.5 Å². The number of rotatable bonds is 3. The van der Waals surface area contributed by atoms with Crippen molar-refractivity contribution in [2.24, 2.45) is 0 Å². The fraction of sp³-hybridized carbons (Fsp3) is 0.143. The highest BCUT2D eigenvalue weighted by Gasteiger charge is 2.23. The normalized spacial score (nSPS) is 10.4. The third kappa shape index (κ3) is 3.40. The molecule has 0 aliphatic carbocycles. The van der Waals surface area contributed by atoms with E-state index in [1.54, 1.807) is 16.7 Å². The minimum absolute atomic E-state index is 0. The van der Waals surface area contributed by atoms with Crippen LogP contribution in [0.5, 0.6) is 0 Å². The van der Waals surface area contributed by atoms with Gasteiger partial charge >= 0.3 is 5.65 Å². The summed E-state index contributed by atoms with van der Waals surface area (Å²) in [5.41, 5.74) is 6.11. The predicted octanol–water partition coefficient (Wildman–Crippen LogP) is -2.79. The quantitative estimate of drug-likeness (QED) is 0.272. The maximum absolute atomic E-state index is 12.2. The van der Waals surface area contributed by atoms with Crippen molar-refractivity contribution in [1.82, 2.24) is 14.5 Å². The zero-order valence-corrected chi connectivity index (χ0v) is 14.6. The molecule has 0 aliphatic heterocycles. The Morgan fingerprint density at radius 2 is 2.04 bits per heavy atom. The number of nitro groups is 1. The van der Waals surface area contributed by atoms with E-state index in [0.717, 1.165) is 5.56 Å². The van der Waals surface area contributed by atoms with E-state index in [1.807, 2.05) is 0 Å². The van der Waals surface area contributed by atoms with Crippen LogP contribution in [0, 0.1) is 10.1 Å². The Morgan fingerprint density at radius 3 is 2.60 bits per heavy atom. The number of non-ortho nitro benzene ring substituents is 1. The van der Waals surface area contributed by atoms with Gasteiger partial charge in [0.15, 0.2) is 6.33 Å². The SMILES string of the molecule is CC(=O)[n+]1cn(Cc2ccc([N+](=O)[O-])cc2)c2c(=O)[nH]c(N)nc21.[Br-]. The van der Waals surface area contributed by atoms with Crippen LogP contribution in [0.4, 0.5) is 11.6 Å². The number of nitrogen functional groups attached to an aromatic ring is 1. The number of halogens is 1. The Balaban J connectivity index is 0.00000225. The molecule has 130 valence electrons. The number of nitro benzene ring substituents is 1. The topological polar surface area (TPSA) is 141 Å². The molecule has 0 amide bonds. The van der Waals surface area contributed by atoms with Crippen molar-refractivity contribution in [3.8, 4) is 0 Å². The molecule has 3 rings (SSSR count). The molecule has 0 saturated carbocycles. The number of nitrogens with two attached hydrogens (primary N) is 1. The van der Waals surface area contributed by atoms with Gasteiger partial charge in [-0.15, -0.1) is 0 Å². The molecule has 25 heavy (non-hydrogen) atoms. The molecule has 11 heteroatoms. The molecule has 2 aromatic heterocycles. The van der Waals surface area contributed by atoms with E-state index < -0.39 is 10.5 Å². The van der Waals surface area contributed by atoms with Gasteiger partial charge in [0.1, 0.15) is 0 Å². The predicted molar refractivity (Wildman–Crippen MR) is 83.5 cm³/mol. The molecule has 1 aromatic carbocycles. The van der Waals surface area contributed by atoms with Crippen molar-refractivity contribution >= 4 is 28.7 Å². The molecule has 0 saturated heterocycles. The van der Waals surface area contributed by atoms with Gasteiger partial charge in [-0.05, 0) is 17.7 Å². The molecule has 0 bridgehead atoms. The molecule has 0 radical (unpaired) electrons. The van der Waals surface area contributed by atoms with Gasteiger partial charge < -0.3 is 22.7 Å². The summed E-state index contributed by atoms with van der Waals surface area (Å²) in [6.07, 6.45) is 1.45. The first kappa shape index (κ1) is 18.3. The van der Waals surface area contributed by atoms with Crippen molar-refractivity contribution in [1.29, 1.82) is 0 Å². The first-order chi connectivity index (χ1) is 11.4. The van der Waals surface area contributed by atoms with Crippen LogP contribution in [0.15, 0.2) is 35.4 Å². The molecule has 0 spiro atoms. The first-order valence-corrected chi connectivity index (χ1v) is 6.91. The summed E-state index contributed by atoms with van der Waals surface area (Å²) in [4.78, 5) is 40.5. The summed E-state index contributed by atoms with van der Waals surface area (Å²) in [5.74, 6) is -0.407. The van der Waals surface area contributed by atoms with Gasteiger partial charge in [-0.1, -0.05) is 4.98 Å². The number of hydrogen-bond donors (Lipinski definition) is 2. The monoisotopic (exact) mass is 408 g/mol. The zero-order valence-electron chi connectivity index (χ0n) is 13.0. The lowest BCUT2D eigenvalue weighted by molar-refractivity contribution is -0.547. The zero-order chi connectivity index (χ0) is 17.4. The lowest BCUT2D eigenvalue weighted by Crippen LogP contribution is -3.00. The average Bonchev–Trinajstić information content (AvgIpc) is 2.86. The van der Waals surface area contributed by atoms with Gasteiger partial charge in [-0.3, -0.25) is 29.3 Å². The number of nitrogens with zero attached hydrogens (tertiary/aromatic N) is 4. The van der Waals surface area contributed by atoms with E-state index in [2.05, 4.69) is 9.97 Å². The maximum Gasteiger partial charge on any atom is 0.318 e. The van der Waals surface area contributed by atoms with Crippen LogP contribution in [0.1, 0.15) is 17.3 Å². The summed E-state index contributed by atoms with van der Waals surface area (Å²) in [7, 11) is 0. The first-order valence-electron chi connectivity index (χ1n) is 6.91. The second-order valence-corrected chi connectivity index (χ2v) is 5.18. The Morgan fingerprint density at radius 1 is 1.40 bits per heavy atom. The van der Waals surface area contributed by atoms with Crippen LogP contribution >= 0.6 is 0 Å². The number of carbonyl (C=O) groups is 1. The molecular formula is C14H13BrN6O4. The van der Waals surface area contributed by atoms with E-state index in [4.69, 9.17) is 5.73 Å². The second-order valence-electron chi connectivity index (χ2n) is 5.18. The smallest absolute Gasteiger partial charge is 0.318 e. The second kappa shape index (κ2) is 6.81. The molecule has 0 unspecified atom stereocenters. The fourth-order valence-electron chi connectivity index (χ4n) is 2.42. The number of H-pyrrole nitrogens is 1. The van der Waals surface area contributed by atoms with Crippen molar-refractivity contribution < 1.29 is 31.3 Å². The molecule has 0 fully saturated rings. The van der Waals surface area contributed by atoms with Crippen LogP contribution in [0.2, 0.25) is 0 Å². The van der Waals surface area contributed by atoms with Crippen LogP contribution in [0.25, 0.3) is 11.2 Å². The minimum Gasteiger partial charge on any atom is -1.00 e. The average molecular weight is 409 g/mol. The highest BCUT2D eigenvalue weighted by molar-refractivity contribution is 5.74. The Kier molecular flexibility index (Phi) is 4.97. The van der Waals surface area contributed by atoms with E-state index in [-0.39, 0.29) is 52.2 Å². The molecule has 3 aromatic rings. The fourth-order valence-corrected chi connectivity index (χ4v) is 2.42. The molecule has 0 atom stereocenters. The summed E-state index contributed by atoms with van der Waals surface area (Å²) in [6, 6.07) is 5.92. The third-order valence-corrected chi connectivity index (χ3v) is 3.50. The highest BCUT2D eigenvalue weighted by Crippen LogP contribution is 2.14. The largest absolute Gasteiger partial charge is 1.00 e. The number of benzene rings is 1. The number of aromatic nitrogens is 4.